The summed E-state index contributed by atoms with van der Waals surface area (Å²) in [5.41, 5.74) is -2.11. The predicted molar refractivity (Wildman–Crippen MR) is 184 cm³/mol. The standard InChI is InChI=1S/C39H48F6NOPS/c1-35(2,3)49(47)46-34(29-14-30(38(40,41)42)16-31(15-29)39(43,44)45)32-6-4-5-7-33(32)48(36-17-23-8-24(18-36)10-25(9-23)19-36)37-20-26-11-27(21-37)13-28(12-26)22-37/h4-7,14-16,23-28,34,46H,8-13,17-22H2,1-3H3/t23?,24?,25?,26?,27?,28?,34-,36?,37?,48?,49+/m0/s1. The average molecular weight is 724 g/mol. The normalized spacial score (nSPS) is 37.0. The Morgan fingerprint density at radius 2 is 1.06 bits per heavy atom. The lowest BCUT2D eigenvalue weighted by Crippen LogP contribution is -2.58. The molecule has 2 atom stereocenters. The number of hydrogen-bond donors (Lipinski definition) is 1. The van der Waals surface area contributed by atoms with Crippen molar-refractivity contribution in [2.24, 2.45) is 35.5 Å². The van der Waals surface area contributed by atoms with Crippen molar-refractivity contribution in [3.05, 3.63) is 64.7 Å². The second-order valence-electron chi connectivity index (χ2n) is 17.9. The molecule has 2 aromatic carbocycles. The molecule has 0 spiro atoms. The third-order valence-corrected chi connectivity index (χ3v) is 18.6. The molecule has 0 unspecified atom stereocenters. The van der Waals surface area contributed by atoms with Gasteiger partial charge in [0.1, 0.15) is 0 Å². The summed E-state index contributed by atoms with van der Waals surface area (Å²) in [6.07, 6.45) is 4.95. The summed E-state index contributed by atoms with van der Waals surface area (Å²) in [6.45, 7) is 5.30. The van der Waals surface area contributed by atoms with Crippen LogP contribution < -0.4 is 10.0 Å². The van der Waals surface area contributed by atoms with E-state index >= 15 is 0 Å². The first-order chi connectivity index (χ1) is 22.9. The van der Waals surface area contributed by atoms with E-state index in [0.717, 1.165) is 17.4 Å². The first-order valence-corrected chi connectivity index (χ1v) is 20.8. The van der Waals surface area contributed by atoms with E-state index in [1.807, 2.05) is 18.2 Å². The van der Waals surface area contributed by atoms with Crippen molar-refractivity contribution in [2.75, 3.05) is 0 Å². The first-order valence-electron chi connectivity index (χ1n) is 18.3. The second-order valence-corrected chi connectivity index (χ2v) is 23.0. The van der Waals surface area contributed by atoms with Crippen molar-refractivity contribution in [1.82, 2.24) is 4.72 Å². The Kier molecular flexibility index (Phi) is 8.33. The fourth-order valence-electron chi connectivity index (χ4n) is 12.4. The zero-order chi connectivity index (χ0) is 34.7. The molecule has 0 amide bonds. The SMILES string of the molecule is CC(C)(C)[S@@](=O)N[C@@H](c1cc(C(F)(F)F)cc(C(F)(F)F)c1)c1ccccc1P(C12CC3CC(CC(C3)C1)C2)C12CC3CC(CC(C3)C1)C2. The molecule has 49 heavy (non-hydrogen) atoms. The number of halogens is 6. The zero-order valence-electron chi connectivity index (χ0n) is 28.6. The van der Waals surface area contributed by atoms with Crippen molar-refractivity contribution in [3.63, 3.8) is 0 Å². The molecule has 8 aliphatic carbocycles. The van der Waals surface area contributed by atoms with Gasteiger partial charge in [-0.15, -0.1) is 0 Å². The highest BCUT2D eigenvalue weighted by Crippen LogP contribution is 2.78. The fraction of sp³-hybridized carbons (Fsp3) is 0.692. The fourth-order valence-corrected chi connectivity index (χ4v) is 18.6. The van der Waals surface area contributed by atoms with Crippen LogP contribution in [0.4, 0.5) is 26.3 Å². The van der Waals surface area contributed by atoms with Gasteiger partial charge in [-0.3, -0.25) is 0 Å². The predicted octanol–water partition coefficient (Wildman–Crippen LogP) is 10.9. The number of benzene rings is 2. The molecule has 10 heteroatoms. The Morgan fingerprint density at radius 1 is 0.673 bits per heavy atom. The monoisotopic (exact) mass is 723 g/mol. The maximum atomic E-state index is 14.3. The molecule has 0 radical (unpaired) electrons. The van der Waals surface area contributed by atoms with E-state index in [4.69, 9.17) is 0 Å². The summed E-state index contributed by atoms with van der Waals surface area (Å²) in [5.74, 6) is 4.24. The molecule has 2 nitrogen and oxygen atoms in total. The van der Waals surface area contributed by atoms with Crippen LogP contribution in [0.2, 0.25) is 0 Å². The van der Waals surface area contributed by atoms with E-state index in [2.05, 4.69) is 10.8 Å². The minimum absolute atomic E-state index is 0.129. The molecule has 8 fully saturated rings. The lowest BCUT2D eigenvalue weighted by molar-refractivity contribution is -0.143. The average Bonchev–Trinajstić information content (AvgIpc) is 2.97. The van der Waals surface area contributed by atoms with Crippen LogP contribution in [0.5, 0.6) is 0 Å². The second kappa shape index (κ2) is 11.8. The third-order valence-electron chi connectivity index (χ3n) is 13.2. The maximum absolute atomic E-state index is 14.3. The molecule has 0 aromatic heterocycles. The van der Waals surface area contributed by atoms with Gasteiger partial charge in [-0.2, -0.15) is 26.3 Å². The quantitative estimate of drug-likeness (QED) is 0.224. The van der Waals surface area contributed by atoms with Crippen molar-refractivity contribution >= 4 is 24.2 Å². The van der Waals surface area contributed by atoms with Crippen LogP contribution in [-0.2, 0) is 23.3 Å². The first kappa shape index (κ1) is 34.6. The minimum Gasteiger partial charge on any atom is -0.242 e. The van der Waals surface area contributed by atoms with E-state index in [0.29, 0.717) is 41.1 Å². The summed E-state index contributed by atoms with van der Waals surface area (Å²) in [7, 11) is -2.62. The maximum Gasteiger partial charge on any atom is 0.416 e. The van der Waals surface area contributed by atoms with Crippen LogP contribution in [0.1, 0.15) is 126 Å². The Hall–Kier alpha value is -1.44. The molecular formula is C39H48F6NOPS. The Labute approximate surface area is 290 Å². The Bertz CT molecular complexity index is 1480. The summed E-state index contributed by atoms with van der Waals surface area (Å²) < 4.78 is 102. The molecule has 2 aromatic rings. The molecule has 1 N–H and O–H groups in total. The topological polar surface area (TPSA) is 29.1 Å². The van der Waals surface area contributed by atoms with Gasteiger partial charge in [0, 0.05) is 0 Å². The van der Waals surface area contributed by atoms with E-state index in [9.17, 15) is 30.6 Å². The van der Waals surface area contributed by atoms with E-state index < -0.39 is 53.2 Å². The molecule has 0 heterocycles. The lowest BCUT2D eigenvalue weighted by atomic mass is 9.55. The van der Waals surface area contributed by atoms with Gasteiger partial charge in [0.25, 0.3) is 0 Å². The summed E-state index contributed by atoms with van der Waals surface area (Å²) in [4.78, 5) is 0. The number of rotatable bonds is 7. The summed E-state index contributed by atoms with van der Waals surface area (Å²) >= 11 is 0. The molecule has 8 aliphatic rings. The van der Waals surface area contributed by atoms with Crippen LogP contribution >= 0.6 is 7.92 Å². The van der Waals surface area contributed by atoms with Gasteiger partial charge in [0.15, 0.2) is 0 Å². The molecule has 0 aliphatic heterocycles. The van der Waals surface area contributed by atoms with E-state index in [1.54, 1.807) is 20.8 Å². The summed E-state index contributed by atoms with van der Waals surface area (Å²) in [5, 5.41) is 1.39. The smallest absolute Gasteiger partial charge is 0.242 e. The van der Waals surface area contributed by atoms with Gasteiger partial charge < -0.3 is 0 Å². The molecule has 268 valence electrons. The van der Waals surface area contributed by atoms with Crippen LogP contribution in [0.25, 0.3) is 0 Å². The Morgan fingerprint density at radius 3 is 1.43 bits per heavy atom. The molecule has 10 rings (SSSR count). The lowest BCUT2D eigenvalue weighted by Gasteiger charge is -2.67. The van der Waals surface area contributed by atoms with Crippen LogP contribution in [0.3, 0.4) is 0 Å². The highest BCUT2D eigenvalue weighted by molar-refractivity contribution is 7.84. The number of alkyl halides is 6. The highest BCUT2D eigenvalue weighted by Gasteiger charge is 2.63. The summed E-state index contributed by atoms with van der Waals surface area (Å²) in [6, 6.07) is 8.77. The molecular weight excluding hydrogens is 675 g/mol. The number of hydrogen-bond acceptors (Lipinski definition) is 1. The van der Waals surface area contributed by atoms with E-state index in [1.165, 1.54) is 77.0 Å². The van der Waals surface area contributed by atoms with E-state index in [-0.39, 0.29) is 21.9 Å². The molecule has 0 saturated heterocycles. The molecule has 8 saturated carbocycles. The van der Waals surface area contributed by atoms with Gasteiger partial charge in [0.2, 0.25) is 0 Å². The van der Waals surface area contributed by atoms with Gasteiger partial charge in [-0.25, -0.2) is 8.93 Å². The Balaban J connectivity index is 1.34. The van der Waals surface area contributed by atoms with Crippen LogP contribution in [0, 0.1) is 35.5 Å². The van der Waals surface area contributed by atoms with Crippen LogP contribution in [0.15, 0.2) is 42.5 Å². The van der Waals surface area contributed by atoms with Gasteiger partial charge in [0.05, 0.1) is 32.9 Å². The van der Waals surface area contributed by atoms with Gasteiger partial charge in [-0.05, 0) is 178 Å². The van der Waals surface area contributed by atoms with Crippen molar-refractivity contribution < 1.29 is 30.6 Å². The van der Waals surface area contributed by atoms with Crippen molar-refractivity contribution in [1.29, 1.82) is 0 Å². The zero-order valence-corrected chi connectivity index (χ0v) is 30.3. The van der Waals surface area contributed by atoms with Crippen LogP contribution in [-0.4, -0.2) is 19.3 Å². The number of nitrogens with one attached hydrogen (secondary N) is 1. The largest absolute Gasteiger partial charge is 0.416 e. The van der Waals surface area contributed by atoms with Gasteiger partial charge >= 0.3 is 12.4 Å². The minimum atomic E-state index is -4.98. The van der Waals surface area contributed by atoms with Crippen molar-refractivity contribution in [3.8, 4) is 0 Å². The third kappa shape index (κ3) is 6.26. The highest BCUT2D eigenvalue weighted by atomic mass is 32.2. The van der Waals surface area contributed by atoms with Crippen molar-refractivity contribution in [2.45, 2.75) is 131 Å². The van der Waals surface area contributed by atoms with Gasteiger partial charge in [-0.1, -0.05) is 32.2 Å². The molecule has 8 bridgehead atoms.